The molecule has 0 aliphatic heterocycles. The van der Waals surface area contributed by atoms with E-state index in [2.05, 4.69) is 0 Å². The van der Waals surface area contributed by atoms with E-state index < -0.39 is 0 Å². The second kappa shape index (κ2) is 2.80. The number of carbonyl (C=O) groups is 1. The van der Waals surface area contributed by atoms with Crippen molar-refractivity contribution in [3.05, 3.63) is 35.4 Å². The second-order valence-electron chi connectivity index (χ2n) is 3.41. The van der Waals surface area contributed by atoms with Crippen molar-refractivity contribution in [2.75, 3.05) is 0 Å². The molecule has 0 aromatic heterocycles. The van der Waals surface area contributed by atoms with E-state index in [9.17, 15) is 9.59 Å². The molecule has 1 aromatic carbocycles. The third-order valence-corrected chi connectivity index (χ3v) is 2.55. The average Bonchev–Trinajstić information content (AvgIpc) is 2.15. The fourth-order valence-corrected chi connectivity index (χ4v) is 1.65. The molecule has 0 saturated carbocycles. The highest BCUT2D eigenvalue weighted by Gasteiger charge is 2.34. The zero-order valence-electron chi connectivity index (χ0n) is 7.45. The van der Waals surface area contributed by atoms with Crippen molar-refractivity contribution in [3.63, 3.8) is 0 Å². The summed E-state index contributed by atoms with van der Waals surface area (Å²) < 4.78 is 0. The van der Waals surface area contributed by atoms with Gasteiger partial charge in [0.25, 0.3) is 0 Å². The quantitative estimate of drug-likeness (QED) is 0.436. The molecular weight excluding hydrogens is 164 g/mol. The Morgan fingerprint density at radius 1 is 1.38 bits per heavy atom. The summed E-state index contributed by atoms with van der Waals surface area (Å²) in [7, 11) is 0. The lowest BCUT2D eigenvalue weighted by Crippen LogP contribution is -2.29. The SMILES string of the molecule is CC1C(=O)c2ccccc2CC1=[OH+]. The molecule has 1 atom stereocenters. The minimum atomic E-state index is -0.338. The summed E-state index contributed by atoms with van der Waals surface area (Å²) >= 11 is 0. The minimum Gasteiger partial charge on any atom is -0.293 e. The molecule has 13 heavy (non-hydrogen) atoms. The van der Waals surface area contributed by atoms with Crippen LogP contribution in [-0.4, -0.2) is 16.4 Å². The molecule has 2 nitrogen and oxygen atoms in total. The smallest absolute Gasteiger partial charge is 0.293 e. The Kier molecular flexibility index (Phi) is 1.76. The summed E-state index contributed by atoms with van der Waals surface area (Å²) in [6, 6.07) is 7.44. The van der Waals surface area contributed by atoms with Gasteiger partial charge in [-0.3, -0.25) is 9.59 Å². The lowest BCUT2D eigenvalue weighted by molar-refractivity contribution is 0.0953. The predicted molar refractivity (Wildman–Crippen MR) is 50.6 cm³/mol. The van der Waals surface area contributed by atoms with Gasteiger partial charge in [0, 0.05) is 5.56 Å². The van der Waals surface area contributed by atoms with Gasteiger partial charge in [-0.05, 0) is 12.5 Å². The van der Waals surface area contributed by atoms with Crippen LogP contribution in [0.2, 0.25) is 0 Å². The zero-order valence-corrected chi connectivity index (χ0v) is 7.45. The van der Waals surface area contributed by atoms with E-state index >= 15 is 0 Å². The predicted octanol–water partition coefficient (Wildman–Crippen LogP) is 1.61. The summed E-state index contributed by atoms with van der Waals surface area (Å²) in [4.78, 5) is 21.1. The number of hydrogen-bond donors (Lipinski definition) is 0. The van der Waals surface area contributed by atoms with Crippen molar-refractivity contribution in [1.29, 1.82) is 0 Å². The van der Waals surface area contributed by atoms with Crippen molar-refractivity contribution in [3.8, 4) is 0 Å². The fourth-order valence-electron chi connectivity index (χ4n) is 1.65. The van der Waals surface area contributed by atoms with Crippen molar-refractivity contribution in [2.24, 2.45) is 5.92 Å². The van der Waals surface area contributed by atoms with Gasteiger partial charge in [-0.1, -0.05) is 24.3 Å². The number of hydrogen-bond acceptors (Lipinski definition) is 1. The average molecular weight is 175 g/mol. The highest BCUT2D eigenvalue weighted by molar-refractivity contribution is 6.15. The van der Waals surface area contributed by atoms with Crippen molar-refractivity contribution >= 4 is 11.6 Å². The topological polar surface area (TPSA) is 38.5 Å². The van der Waals surface area contributed by atoms with Crippen LogP contribution in [0.25, 0.3) is 0 Å². The number of ketones is 2. The van der Waals surface area contributed by atoms with Gasteiger partial charge >= 0.3 is 5.78 Å². The largest absolute Gasteiger partial charge is 0.307 e. The Hall–Kier alpha value is -1.44. The third-order valence-electron chi connectivity index (χ3n) is 2.55. The number of carbonyl (C=O) groups excluding carboxylic acids is 2. The van der Waals surface area contributed by atoms with E-state index in [4.69, 9.17) is 0 Å². The van der Waals surface area contributed by atoms with Crippen LogP contribution < -0.4 is 0 Å². The number of benzene rings is 1. The molecule has 0 amide bonds. The van der Waals surface area contributed by atoms with Gasteiger partial charge < -0.3 is 0 Å². The summed E-state index contributed by atoms with van der Waals surface area (Å²) in [5.74, 6) is -0.0297. The van der Waals surface area contributed by atoms with Gasteiger partial charge in [0.15, 0.2) is 5.78 Å². The van der Waals surface area contributed by atoms with E-state index in [-0.39, 0.29) is 17.5 Å². The molecule has 1 unspecified atom stereocenters. The van der Waals surface area contributed by atoms with Gasteiger partial charge in [-0.2, -0.15) is 0 Å². The Labute approximate surface area is 76.6 Å². The summed E-state index contributed by atoms with van der Waals surface area (Å²) in [5, 5.41) is 0. The molecule has 1 N–H and O–H groups in total. The van der Waals surface area contributed by atoms with Crippen LogP contribution in [-0.2, 0) is 6.42 Å². The van der Waals surface area contributed by atoms with Crippen LogP contribution in [0.15, 0.2) is 24.3 Å². The summed E-state index contributed by atoms with van der Waals surface area (Å²) in [6.45, 7) is 1.74. The first-order valence-electron chi connectivity index (χ1n) is 4.37. The van der Waals surface area contributed by atoms with Crippen LogP contribution >= 0.6 is 0 Å². The molecule has 1 aliphatic rings. The first-order chi connectivity index (χ1) is 6.20. The van der Waals surface area contributed by atoms with Gasteiger partial charge in [0.1, 0.15) is 5.92 Å². The Bertz CT molecular complexity index is 379. The summed E-state index contributed by atoms with van der Waals surface area (Å²) in [5.41, 5.74) is 1.69. The Balaban J connectivity index is 2.55. The number of fused-ring (bicyclic) bond motifs is 1. The van der Waals surface area contributed by atoms with Gasteiger partial charge in [-0.25, -0.2) is 0 Å². The minimum absolute atomic E-state index is 0.0272. The molecule has 2 rings (SSSR count). The van der Waals surface area contributed by atoms with Crippen molar-refractivity contribution in [2.45, 2.75) is 13.3 Å². The molecule has 0 spiro atoms. The lowest BCUT2D eigenvalue weighted by atomic mass is 9.83. The van der Waals surface area contributed by atoms with Crippen LogP contribution in [0, 0.1) is 5.92 Å². The second-order valence-corrected chi connectivity index (χ2v) is 3.41. The Morgan fingerprint density at radius 3 is 2.85 bits per heavy atom. The van der Waals surface area contributed by atoms with Crippen molar-refractivity contribution < 1.29 is 9.59 Å². The highest BCUT2D eigenvalue weighted by atomic mass is 16.2. The number of Topliss-reactive ketones (excluding diaryl/α,β-unsaturated/α-hetero) is 1. The Morgan fingerprint density at radius 2 is 2.08 bits per heavy atom. The van der Waals surface area contributed by atoms with E-state index in [1.54, 1.807) is 6.92 Å². The van der Waals surface area contributed by atoms with Gasteiger partial charge in [0.05, 0.1) is 6.42 Å². The van der Waals surface area contributed by atoms with Crippen LogP contribution in [0.3, 0.4) is 0 Å². The first-order valence-corrected chi connectivity index (χ1v) is 4.37. The molecule has 1 aromatic rings. The summed E-state index contributed by atoms with van der Waals surface area (Å²) in [6.07, 6.45) is 0.517. The maximum atomic E-state index is 11.6. The van der Waals surface area contributed by atoms with E-state index in [1.165, 1.54) is 0 Å². The molecule has 2 heteroatoms. The molecule has 0 radical (unpaired) electrons. The van der Waals surface area contributed by atoms with E-state index in [0.717, 1.165) is 11.1 Å². The van der Waals surface area contributed by atoms with E-state index in [1.807, 2.05) is 24.3 Å². The van der Waals surface area contributed by atoms with Crippen molar-refractivity contribution in [1.82, 2.24) is 0 Å². The number of rotatable bonds is 0. The fraction of sp³-hybridized carbons (Fsp3) is 0.273. The molecule has 1 aliphatic carbocycles. The van der Waals surface area contributed by atoms with Gasteiger partial charge in [-0.15, -0.1) is 0 Å². The third kappa shape index (κ3) is 1.18. The normalized spacial score (nSPS) is 21.5. The maximum absolute atomic E-state index is 11.6. The monoisotopic (exact) mass is 175 g/mol. The first kappa shape index (κ1) is 8.17. The van der Waals surface area contributed by atoms with Crippen LogP contribution in [0.4, 0.5) is 0 Å². The highest BCUT2D eigenvalue weighted by Crippen LogP contribution is 2.22. The molecular formula is C11H11O2+. The molecule has 66 valence electrons. The molecule has 0 heterocycles. The van der Waals surface area contributed by atoms with E-state index in [0.29, 0.717) is 6.42 Å². The molecule has 0 fully saturated rings. The van der Waals surface area contributed by atoms with Crippen LogP contribution in [0.5, 0.6) is 0 Å². The lowest BCUT2D eigenvalue weighted by Gasteiger charge is -2.14. The van der Waals surface area contributed by atoms with Gasteiger partial charge in [0.2, 0.25) is 0 Å². The zero-order chi connectivity index (χ0) is 9.42. The molecule has 0 bridgehead atoms. The maximum Gasteiger partial charge on any atom is 0.307 e. The van der Waals surface area contributed by atoms with Crippen LogP contribution in [0.1, 0.15) is 22.8 Å². The molecule has 0 saturated heterocycles. The standard InChI is InChI=1S/C11H10O2/c1-7-10(12)6-8-4-2-3-5-9(8)11(7)13/h2-5,7H,6H2,1H3/p+1.